The van der Waals surface area contributed by atoms with E-state index in [4.69, 9.17) is 4.42 Å². The molecular formula is C10H8FNO3. The lowest BCUT2D eigenvalue weighted by Gasteiger charge is -1.98. The number of benzene rings is 1. The molecule has 1 aromatic carbocycles. The molecule has 0 spiro atoms. The van der Waals surface area contributed by atoms with Crippen molar-refractivity contribution in [3.8, 4) is 0 Å². The van der Waals surface area contributed by atoms with E-state index in [9.17, 15) is 14.5 Å². The second kappa shape index (κ2) is 3.05. The van der Waals surface area contributed by atoms with E-state index in [1.807, 2.05) is 0 Å². The molecule has 0 radical (unpaired) electrons. The molecule has 1 heterocycles. The molecule has 0 atom stereocenters. The molecule has 0 saturated heterocycles. The van der Waals surface area contributed by atoms with Gasteiger partial charge in [0.15, 0.2) is 0 Å². The third-order valence-electron chi connectivity index (χ3n) is 2.22. The van der Waals surface area contributed by atoms with E-state index in [0.717, 1.165) is 0 Å². The molecule has 4 nitrogen and oxygen atoms in total. The lowest BCUT2D eigenvalue weighted by atomic mass is 10.1. The van der Waals surface area contributed by atoms with Gasteiger partial charge in [0.2, 0.25) is 5.58 Å². The number of furan rings is 1. The number of nitrogens with zero attached hydrogens (tertiary/aromatic N) is 1. The second-order valence-corrected chi connectivity index (χ2v) is 3.38. The van der Waals surface area contributed by atoms with Gasteiger partial charge in [-0.15, -0.1) is 0 Å². The van der Waals surface area contributed by atoms with Gasteiger partial charge in [0.1, 0.15) is 11.6 Å². The SMILES string of the molecule is Cc1cc2c(F)c(C)cc([N+](=O)[O-])c2o1. The standard InChI is InChI=1S/C10H8FNO3/c1-5-3-8(12(13)14)10-7(9(5)11)4-6(2)15-10/h3-4H,1-2H3. The predicted molar refractivity (Wildman–Crippen MR) is 52.3 cm³/mol. The summed E-state index contributed by atoms with van der Waals surface area (Å²) in [6.45, 7) is 3.11. The highest BCUT2D eigenvalue weighted by molar-refractivity contribution is 5.87. The van der Waals surface area contributed by atoms with E-state index in [2.05, 4.69) is 0 Å². The average Bonchev–Trinajstić information content (AvgIpc) is 2.53. The van der Waals surface area contributed by atoms with Crippen molar-refractivity contribution in [2.45, 2.75) is 13.8 Å². The number of nitro groups is 1. The first-order valence-electron chi connectivity index (χ1n) is 4.34. The summed E-state index contributed by atoms with van der Waals surface area (Å²) in [5, 5.41) is 10.9. The summed E-state index contributed by atoms with van der Waals surface area (Å²) in [7, 11) is 0. The van der Waals surface area contributed by atoms with E-state index in [1.165, 1.54) is 19.1 Å². The maximum Gasteiger partial charge on any atom is 0.312 e. The molecule has 0 amide bonds. The lowest BCUT2D eigenvalue weighted by Crippen LogP contribution is -1.92. The molecule has 2 rings (SSSR count). The van der Waals surface area contributed by atoms with Crippen LogP contribution >= 0.6 is 0 Å². The number of nitro benzene ring substituents is 1. The predicted octanol–water partition coefficient (Wildman–Crippen LogP) is 3.10. The zero-order valence-electron chi connectivity index (χ0n) is 8.20. The van der Waals surface area contributed by atoms with Crippen LogP contribution in [0.1, 0.15) is 11.3 Å². The molecule has 78 valence electrons. The van der Waals surface area contributed by atoms with Gasteiger partial charge in [-0.2, -0.15) is 0 Å². The number of rotatable bonds is 1. The number of hydrogen-bond acceptors (Lipinski definition) is 3. The fourth-order valence-corrected chi connectivity index (χ4v) is 1.55. The molecule has 0 aliphatic carbocycles. The van der Waals surface area contributed by atoms with Crippen molar-refractivity contribution in [2.75, 3.05) is 0 Å². The number of non-ortho nitro benzene ring substituents is 1. The van der Waals surface area contributed by atoms with Crippen molar-refractivity contribution in [2.24, 2.45) is 0 Å². The van der Waals surface area contributed by atoms with Crippen molar-refractivity contribution < 1.29 is 13.7 Å². The summed E-state index contributed by atoms with van der Waals surface area (Å²) in [4.78, 5) is 10.1. The Morgan fingerprint density at radius 2 is 2.07 bits per heavy atom. The fourth-order valence-electron chi connectivity index (χ4n) is 1.55. The van der Waals surface area contributed by atoms with Gasteiger partial charge in [-0.25, -0.2) is 4.39 Å². The smallest absolute Gasteiger partial charge is 0.312 e. The Bertz CT molecular complexity index is 559. The highest BCUT2D eigenvalue weighted by Gasteiger charge is 2.20. The molecule has 0 bridgehead atoms. The molecule has 1 aromatic heterocycles. The molecule has 0 fully saturated rings. The molecule has 0 saturated carbocycles. The van der Waals surface area contributed by atoms with Gasteiger partial charge in [-0.1, -0.05) is 0 Å². The summed E-state index contributed by atoms with van der Waals surface area (Å²) in [5.41, 5.74) is 0.0487. The Kier molecular flexibility index (Phi) is 1.96. The molecule has 0 aliphatic rings. The lowest BCUT2D eigenvalue weighted by molar-refractivity contribution is -0.383. The van der Waals surface area contributed by atoms with Crippen LogP contribution in [0.15, 0.2) is 16.5 Å². The summed E-state index contributed by atoms with van der Waals surface area (Å²) >= 11 is 0. The number of fused-ring (bicyclic) bond motifs is 1. The van der Waals surface area contributed by atoms with Crippen molar-refractivity contribution in [1.29, 1.82) is 0 Å². The zero-order valence-corrected chi connectivity index (χ0v) is 8.20. The Labute approximate surface area is 84.5 Å². The monoisotopic (exact) mass is 209 g/mol. The Morgan fingerprint density at radius 3 is 2.67 bits per heavy atom. The maximum atomic E-state index is 13.6. The Balaban J connectivity index is 2.93. The summed E-state index contributed by atoms with van der Waals surface area (Å²) in [6, 6.07) is 2.64. The van der Waals surface area contributed by atoms with Gasteiger partial charge in [0, 0.05) is 6.07 Å². The van der Waals surface area contributed by atoms with Crippen molar-refractivity contribution in [3.05, 3.63) is 39.4 Å². The maximum absolute atomic E-state index is 13.6. The van der Waals surface area contributed by atoms with Crippen LogP contribution in [0.25, 0.3) is 11.0 Å². The van der Waals surface area contributed by atoms with Crippen molar-refractivity contribution >= 4 is 16.7 Å². The molecule has 5 heteroatoms. The second-order valence-electron chi connectivity index (χ2n) is 3.38. The first kappa shape index (κ1) is 9.64. The van der Waals surface area contributed by atoms with Gasteiger partial charge in [-0.05, 0) is 25.5 Å². The normalized spacial score (nSPS) is 10.9. The number of hydrogen-bond donors (Lipinski definition) is 0. The van der Waals surface area contributed by atoms with E-state index in [0.29, 0.717) is 5.76 Å². The van der Waals surface area contributed by atoms with Crippen LogP contribution in [0.4, 0.5) is 10.1 Å². The molecule has 2 aromatic rings. The Morgan fingerprint density at radius 1 is 1.40 bits per heavy atom. The Hall–Kier alpha value is -1.91. The van der Waals surface area contributed by atoms with Gasteiger partial charge < -0.3 is 4.42 Å². The van der Waals surface area contributed by atoms with Gasteiger partial charge in [-0.3, -0.25) is 10.1 Å². The summed E-state index contributed by atoms with van der Waals surface area (Å²) < 4.78 is 18.7. The van der Waals surface area contributed by atoms with Crippen LogP contribution in [0.2, 0.25) is 0 Å². The van der Waals surface area contributed by atoms with Crippen LogP contribution in [0.3, 0.4) is 0 Å². The van der Waals surface area contributed by atoms with Gasteiger partial charge in [0.25, 0.3) is 0 Å². The largest absolute Gasteiger partial charge is 0.454 e. The molecule has 0 unspecified atom stereocenters. The minimum atomic E-state index is -0.572. The molecule has 0 aliphatic heterocycles. The van der Waals surface area contributed by atoms with Crippen LogP contribution in [-0.4, -0.2) is 4.92 Å². The van der Waals surface area contributed by atoms with E-state index >= 15 is 0 Å². The summed E-state index contributed by atoms with van der Waals surface area (Å²) in [6.07, 6.45) is 0. The zero-order chi connectivity index (χ0) is 11.2. The average molecular weight is 209 g/mol. The van der Waals surface area contributed by atoms with E-state index in [1.54, 1.807) is 6.92 Å². The van der Waals surface area contributed by atoms with Crippen molar-refractivity contribution in [3.63, 3.8) is 0 Å². The molecule has 0 N–H and O–H groups in total. The first-order valence-corrected chi connectivity index (χ1v) is 4.34. The van der Waals surface area contributed by atoms with Gasteiger partial charge in [0.05, 0.1) is 10.3 Å². The fraction of sp³-hybridized carbons (Fsp3) is 0.200. The van der Waals surface area contributed by atoms with Gasteiger partial charge >= 0.3 is 5.69 Å². The van der Waals surface area contributed by atoms with E-state index < -0.39 is 10.7 Å². The molecule has 15 heavy (non-hydrogen) atoms. The third-order valence-corrected chi connectivity index (χ3v) is 2.22. The highest BCUT2D eigenvalue weighted by Crippen LogP contribution is 2.32. The minimum absolute atomic E-state index is 0.000556. The van der Waals surface area contributed by atoms with E-state index in [-0.39, 0.29) is 22.2 Å². The van der Waals surface area contributed by atoms with Crippen LogP contribution < -0.4 is 0 Å². The third kappa shape index (κ3) is 1.36. The van der Waals surface area contributed by atoms with Crippen LogP contribution in [-0.2, 0) is 0 Å². The topological polar surface area (TPSA) is 56.3 Å². The number of aryl methyl sites for hydroxylation is 2. The minimum Gasteiger partial charge on any atom is -0.454 e. The van der Waals surface area contributed by atoms with Crippen molar-refractivity contribution in [1.82, 2.24) is 0 Å². The van der Waals surface area contributed by atoms with Crippen LogP contribution in [0, 0.1) is 29.8 Å². The quantitative estimate of drug-likeness (QED) is 0.535. The first-order chi connectivity index (χ1) is 7.00. The summed E-state index contributed by atoms with van der Waals surface area (Å²) in [5.74, 6) is -0.00921. The highest BCUT2D eigenvalue weighted by atomic mass is 19.1. The number of halogens is 1. The van der Waals surface area contributed by atoms with Crippen LogP contribution in [0.5, 0.6) is 0 Å². The molecular weight excluding hydrogens is 201 g/mol.